The highest BCUT2D eigenvalue weighted by atomic mass is 79.9. The summed E-state index contributed by atoms with van der Waals surface area (Å²) < 4.78 is 0. The Kier molecular flexibility index (Phi) is 2.90. The van der Waals surface area contributed by atoms with Crippen LogP contribution in [0.4, 0.5) is 0 Å². The second-order valence-corrected chi connectivity index (χ2v) is 3.70. The molecular weight excluding hydrogens is 282 g/mol. The van der Waals surface area contributed by atoms with E-state index >= 15 is 0 Å². The van der Waals surface area contributed by atoms with E-state index in [4.69, 9.17) is 0 Å². The minimum Gasteiger partial charge on any atom is -0.507 e. The standard InChI is InChI=1S/C13H9NO2.BrH/c15-12-3-4-13(16)10-7-11-8(6-9(10)12)2-1-5-14-11;/h1-7,15-16H;1H. The number of aromatic nitrogens is 1. The van der Waals surface area contributed by atoms with Crippen LogP contribution in [0.25, 0.3) is 21.7 Å². The molecule has 0 spiro atoms. The predicted molar refractivity (Wildman–Crippen MR) is 72.9 cm³/mol. The third kappa shape index (κ3) is 1.80. The van der Waals surface area contributed by atoms with Crippen molar-refractivity contribution in [2.45, 2.75) is 0 Å². The minimum absolute atomic E-state index is 0. The molecule has 0 fully saturated rings. The van der Waals surface area contributed by atoms with Crippen molar-refractivity contribution >= 4 is 38.7 Å². The summed E-state index contributed by atoms with van der Waals surface area (Å²) in [6.07, 6.45) is 1.70. The second-order valence-electron chi connectivity index (χ2n) is 3.70. The number of phenolic OH excluding ortho intramolecular Hbond substituents is 2. The highest BCUT2D eigenvalue weighted by molar-refractivity contribution is 8.93. The Labute approximate surface area is 108 Å². The average Bonchev–Trinajstić information content (AvgIpc) is 2.32. The van der Waals surface area contributed by atoms with E-state index in [0.29, 0.717) is 10.8 Å². The van der Waals surface area contributed by atoms with Crippen LogP contribution in [0.3, 0.4) is 0 Å². The number of phenols is 2. The second kappa shape index (κ2) is 4.22. The van der Waals surface area contributed by atoms with Crippen molar-refractivity contribution < 1.29 is 10.2 Å². The van der Waals surface area contributed by atoms with Crippen molar-refractivity contribution in [1.29, 1.82) is 0 Å². The Morgan fingerprint density at radius 1 is 0.882 bits per heavy atom. The van der Waals surface area contributed by atoms with Gasteiger partial charge >= 0.3 is 0 Å². The van der Waals surface area contributed by atoms with E-state index in [1.54, 1.807) is 12.3 Å². The number of aromatic hydroxyl groups is 2. The third-order valence-corrected chi connectivity index (χ3v) is 2.69. The Hall–Kier alpha value is -1.81. The Morgan fingerprint density at radius 2 is 1.53 bits per heavy atom. The number of pyridine rings is 1. The molecule has 2 N–H and O–H groups in total. The topological polar surface area (TPSA) is 53.4 Å². The van der Waals surface area contributed by atoms with E-state index in [1.165, 1.54) is 12.1 Å². The van der Waals surface area contributed by atoms with Crippen molar-refractivity contribution in [2.75, 3.05) is 0 Å². The number of hydrogen-bond donors (Lipinski definition) is 2. The van der Waals surface area contributed by atoms with Crippen LogP contribution in [0, 0.1) is 0 Å². The van der Waals surface area contributed by atoms with Gasteiger partial charge in [-0.15, -0.1) is 17.0 Å². The number of hydrogen-bond acceptors (Lipinski definition) is 3. The van der Waals surface area contributed by atoms with Crippen molar-refractivity contribution in [3.8, 4) is 11.5 Å². The number of benzene rings is 2. The number of rotatable bonds is 0. The summed E-state index contributed by atoms with van der Waals surface area (Å²) >= 11 is 0. The molecule has 0 aliphatic carbocycles. The summed E-state index contributed by atoms with van der Waals surface area (Å²) in [7, 11) is 0. The van der Waals surface area contributed by atoms with Crippen LogP contribution in [-0.2, 0) is 0 Å². The van der Waals surface area contributed by atoms with Crippen LogP contribution in [0.2, 0.25) is 0 Å². The molecule has 4 heteroatoms. The average molecular weight is 292 g/mol. The van der Waals surface area contributed by atoms with Gasteiger partial charge in [0, 0.05) is 22.4 Å². The van der Waals surface area contributed by atoms with Crippen LogP contribution >= 0.6 is 17.0 Å². The lowest BCUT2D eigenvalue weighted by Gasteiger charge is -2.05. The van der Waals surface area contributed by atoms with Gasteiger partial charge in [-0.05, 0) is 30.3 Å². The van der Waals surface area contributed by atoms with Gasteiger partial charge in [0.05, 0.1) is 5.52 Å². The van der Waals surface area contributed by atoms with Crippen molar-refractivity contribution in [1.82, 2.24) is 4.98 Å². The van der Waals surface area contributed by atoms with Crippen LogP contribution in [0.15, 0.2) is 42.6 Å². The first-order valence-electron chi connectivity index (χ1n) is 4.95. The molecule has 86 valence electrons. The largest absolute Gasteiger partial charge is 0.507 e. The molecule has 0 amide bonds. The molecule has 0 radical (unpaired) electrons. The first-order chi connectivity index (χ1) is 7.75. The van der Waals surface area contributed by atoms with Gasteiger partial charge in [-0.25, -0.2) is 0 Å². The fraction of sp³-hybridized carbons (Fsp3) is 0. The molecule has 1 heterocycles. The maximum absolute atomic E-state index is 9.72. The molecule has 0 bridgehead atoms. The first kappa shape index (κ1) is 11.7. The Balaban J connectivity index is 0.00000108. The molecule has 1 aromatic heterocycles. The molecule has 3 rings (SSSR count). The molecule has 0 saturated carbocycles. The van der Waals surface area contributed by atoms with Gasteiger partial charge in [0.25, 0.3) is 0 Å². The summed E-state index contributed by atoms with van der Waals surface area (Å²) in [4.78, 5) is 4.21. The SMILES string of the molecule is Br.Oc1ccc(O)c2cc3ncccc3cc12. The summed E-state index contributed by atoms with van der Waals surface area (Å²) in [5.74, 6) is 0.318. The van der Waals surface area contributed by atoms with E-state index in [-0.39, 0.29) is 28.5 Å². The maximum Gasteiger partial charge on any atom is 0.123 e. The van der Waals surface area contributed by atoms with E-state index in [2.05, 4.69) is 4.98 Å². The molecule has 3 aromatic rings. The van der Waals surface area contributed by atoms with Crippen LogP contribution in [0.5, 0.6) is 11.5 Å². The highest BCUT2D eigenvalue weighted by Gasteiger charge is 2.06. The molecule has 0 unspecified atom stereocenters. The Bertz CT molecular complexity index is 637. The number of nitrogens with zero attached hydrogens (tertiary/aromatic N) is 1. The number of halogens is 1. The fourth-order valence-electron chi connectivity index (χ4n) is 1.88. The molecule has 0 aliphatic heterocycles. The lowest BCUT2D eigenvalue weighted by Crippen LogP contribution is -1.80. The summed E-state index contributed by atoms with van der Waals surface area (Å²) in [6, 6.07) is 10.3. The summed E-state index contributed by atoms with van der Waals surface area (Å²) in [6.45, 7) is 0. The molecule has 0 aliphatic rings. The van der Waals surface area contributed by atoms with Gasteiger partial charge in [0.15, 0.2) is 0 Å². The van der Waals surface area contributed by atoms with Gasteiger partial charge in [-0.2, -0.15) is 0 Å². The third-order valence-electron chi connectivity index (χ3n) is 2.69. The molecule has 17 heavy (non-hydrogen) atoms. The fourth-order valence-corrected chi connectivity index (χ4v) is 1.88. The van der Waals surface area contributed by atoms with Gasteiger partial charge in [0.2, 0.25) is 0 Å². The van der Waals surface area contributed by atoms with Gasteiger partial charge in [-0.3, -0.25) is 4.98 Å². The molecule has 0 atom stereocenters. The molecule has 3 nitrogen and oxygen atoms in total. The Morgan fingerprint density at radius 3 is 2.24 bits per heavy atom. The van der Waals surface area contributed by atoms with Crippen molar-refractivity contribution in [3.05, 3.63) is 42.6 Å². The van der Waals surface area contributed by atoms with E-state index < -0.39 is 0 Å². The lowest BCUT2D eigenvalue weighted by molar-refractivity contribution is 0.469. The smallest absolute Gasteiger partial charge is 0.123 e. The highest BCUT2D eigenvalue weighted by Crippen LogP contribution is 2.34. The van der Waals surface area contributed by atoms with E-state index in [9.17, 15) is 10.2 Å². The van der Waals surface area contributed by atoms with Crippen LogP contribution < -0.4 is 0 Å². The zero-order valence-corrected chi connectivity index (χ0v) is 10.5. The number of fused-ring (bicyclic) bond motifs is 2. The molecule has 0 saturated heterocycles. The molecular formula is C13H10BrNO2. The zero-order valence-electron chi connectivity index (χ0n) is 8.79. The van der Waals surface area contributed by atoms with Crippen molar-refractivity contribution in [3.63, 3.8) is 0 Å². The van der Waals surface area contributed by atoms with Gasteiger partial charge in [-0.1, -0.05) is 6.07 Å². The van der Waals surface area contributed by atoms with Crippen LogP contribution in [-0.4, -0.2) is 15.2 Å². The predicted octanol–water partition coefficient (Wildman–Crippen LogP) is 3.38. The van der Waals surface area contributed by atoms with Crippen molar-refractivity contribution in [2.24, 2.45) is 0 Å². The molecule has 2 aromatic carbocycles. The van der Waals surface area contributed by atoms with E-state index in [1.807, 2.05) is 18.2 Å². The maximum atomic E-state index is 9.72. The normalized spacial score (nSPS) is 10.4. The first-order valence-corrected chi connectivity index (χ1v) is 4.95. The summed E-state index contributed by atoms with van der Waals surface area (Å²) in [5.41, 5.74) is 0.802. The monoisotopic (exact) mass is 291 g/mol. The zero-order chi connectivity index (χ0) is 11.1. The van der Waals surface area contributed by atoms with Gasteiger partial charge in [0.1, 0.15) is 11.5 Å². The van der Waals surface area contributed by atoms with E-state index in [0.717, 1.165) is 10.9 Å². The lowest BCUT2D eigenvalue weighted by atomic mass is 10.1. The van der Waals surface area contributed by atoms with Gasteiger partial charge < -0.3 is 10.2 Å². The minimum atomic E-state index is 0. The summed E-state index contributed by atoms with van der Waals surface area (Å²) in [5, 5.41) is 21.6. The van der Waals surface area contributed by atoms with Crippen LogP contribution in [0.1, 0.15) is 0 Å². The quantitative estimate of drug-likeness (QED) is 0.493.